The van der Waals surface area contributed by atoms with E-state index >= 15 is 0 Å². The van der Waals surface area contributed by atoms with Gasteiger partial charge in [-0.15, -0.1) is 0 Å². The quantitative estimate of drug-likeness (QED) is 0.0262. The van der Waals surface area contributed by atoms with Gasteiger partial charge in [0, 0.05) is 19.3 Å². The minimum atomic E-state index is -0.773. The Kier molecular flexibility index (Phi) is 51.3. The van der Waals surface area contributed by atoms with Gasteiger partial charge in [-0.25, -0.2) is 0 Å². The summed E-state index contributed by atoms with van der Waals surface area (Å²) in [6.07, 6.45) is 63.3. The molecular formula is C58H106O6. The van der Waals surface area contributed by atoms with Crippen LogP contribution in [0.5, 0.6) is 0 Å². The largest absolute Gasteiger partial charge is 0.462 e. The Balaban J connectivity index is 3.99. The van der Waals surface area contributed by atoms with Crippen molar-refractivity contribution in [2.45, 2.75) is 303 Å². The molecule has 0 aromatic rings. The standard InChI is InChI=1S/C58H106O6/c1-4-7-10-13-15-17-19-21-23-24-25-26-27-28-29-30-31-32-33-34-35-37-38-40-42-45-48-51-57(60)63-54-55(53-62-56(59)50-47-44-12-9-6-3)64-58(61)52-49-46-43-41-39-36-22-20-18-16-14-11-8-5-2/h14,16,20,22,24-25,55H,4-13,15,17-19,21,23,26-54H2,1-3H3/b16-14-,22-20-,25-24-. The van der Waals surface area contributed by atoms with Crippen LogP contribution in [0.1, 0.15) is 297 Å². The van der Waals surface area contributed by atoms with E-state index in [0.717, 1.165) is 89.9 Å². The monoisotopic (exact) mass is 899 g/mol. The molecule has 64 heavy (non-hydrogen) atoms. The molecule has 0 rings (SSSR count). The third-order valence-electron chi connectivity index (χ3n) is 12.4. The fraction of sp³-hybridized carbons (Fsp3) is 0.845. The molecule has 0 aliphatic heterocycles. The highest BCUT2D eigenvalue weighted by atomic mass is 16.6. The molecule has 6 heteroatoms. The van der Waals surface area contributed by atoms with Crippen molar-refractivity contribution in [2.75, 3.05) is 13.2 Å². The summed E-state index contributed by atoms with van der Waals surface area (Å²) in [5, 5.41) is 0. The molecule has 0 amide bonds. The Morgan fingerprint density at radius 1 is 0.312 bits per heavy atom. The van der Waals surface area contributed by atoms with Crippen LogP contribution < -0.4 is 0 Å². The Bertz CT molecular complexity index is 1080. The lowest BCUT2D eigenvalue weighted by Crippen LogP contribution is -2.30. The van der Waals surface area contributed by atoms with E-state index in [9.17, 15) is 14.4 Å². The zero-order valence-corrected chi connectivity index (χ0v) is 42.8. The van der Waals surface area contributed by atoms with Crippen LogP contribution in [0.4, 0.5) is 0 Å². The molecule has 0 radical (unpaired) electrons. The summed E-state index contributed by atoms with van der Waals surface area (Å²) < 4.78 is 16.7. The Morgan fingerprint density at radius 2 is 0.578 bits per heavy atom. The van der Waals surface area contributed by atoms with Gasteiger partial charge in [-0.05, 0) is 70.6 Å². The summed E-state index contributed by atoms with van der Waals surface area (Å²) in [4.78, 5) is 37.7. The molecule has 0 saturated carbocycles. The summed E-state index contributed by atoms with van der Waals surface area (Å²) in [6.45, 7) is 6.53. The van der Waals surface area contributed by atoms with Gasteiger partial charge in [0.25, 0.3) is 0 Å². The van der Waals surface area contributed by atoms with Crippen LogP contribution in [0.15, 0.2) is 36.5 Å². The molecule has 0 fully saturated rings. The predicted octanol–water partition coefficient (Wildman–Crippen LogP) is 18.5. The van der Waals surface area contributed by atoms with E-state index in [2.05, 4.69) is 57.2 Å². The van der Waals surface area contributed by atoms with Crippen molar-refractivity contribution < 1.29 is 28.6 Å². The predicted molar refractivity (Wildman–Crippen MR) is 275 cm³/mol. The maximum atomic E-state index is 12.7. The average Bonchev–Trinajstić information content (AvgIpc) is 3.29. The molecule has 0 saturated heterocycles. The second-order valence-corrected chi connectivity index (χ2v) is 18.8. The fourth-order valence-electron chi connectivity index (χ4n) is 8.10. The Morgan fingerprint density at radius 3 is 0.922 bits per heavy atom. The van der Waals surface area contributed by atoms with E-state index in [0.29, 0.717) is 19.3 Å². The molecule has 0 aromatic carbocycles. The summed E-state index contributed by atoms with van der Waals surface area (Å²) in [5.41, 5.74) is 0. The van der Waals surface area contributed by atoms with E-state index in [1.807, 2.05) is 0 Å². The SMILES string of the molecule is CCCC/C=C\C/C=C\CCCCCCCC(=O)OC(COC(=O)CCCCCCC)COC(=O)CCCCCCCCCCCCCCCCC/C=C\CCCCCCCCCC. The topological polar surface area (TPSA) is 78.9 Å². The smallest absolute Gasteiger partial charge is 0.306 e. The van der Waals surface area contributed by atoms with Crippen LogP contribution in [0.2, 0.25) is 0 Å². The van der Waals surface area contributed by atoms with Crippen LogP contribution in [-0.4, -0.2) is 37.2 Å². The third-order valence-corrected chi connectivity index (χ3v) is 12.4. The Labute approximate surface area is 397 Å². The molecule has 0 N–H and O–H groups in total. The van der Waals surface area contributed by atoms with Crippen LogP contribution in [0, 0.1) is 0 Å². The second kappa shape index (κ2) is 53.2. The molecule has 6 nitrogen and oxygen atoms in total. The molecule has 1 unspecified atom stereocenters. The first kappa shape index (κ1) is 61.6. The minimum absolute atomic E-state index is 0.0757. The van der Waals surface area contributed by atoms with E-state index < -0.39 is 6.10 Å². The number of esters is 3. The average molecular weight is 899 g/mol. The maximum absolute atomic E-state index is 12.7. The normalized spacial score (nSPS) is 12.2. The van der Waals surface area contributed by atoms with Gasteiger partial charge in [0.2, 0.25) is 0 Å². The number of carbonyl (C=O) groups excluding carboxylic acids is 3. The van der Waals surface area contributed by atoms with Gasteiger partial charge in [0.1, 0.15) is 13.2 Å². The summed E-state index contributed by atoms with van der Waals surface area (Å²) in [5.74, 6) is -0.894. The lowest BCUT2D eigenvalue weighted by atomic mass is 10.0. The van der Waals surface area contributed by atoms with Gasteiger partial charge < -0.3 is 14.2 Å². The highest BCUT2D eigenvalue weighted by Crippen LogP contribution is 2.16. The molecule has 0 aliphatic rings. The van der Waals surface area contributed by atoms with Gasteiger partial charge in [-0.1, -0.05) is 243 Å². The van der Waals surface area contributed by atoms with Crippen molar-refractivity contribution in [3.05, 3.63) is 36.5 Å². The van der Waals surface area contributed by atoms with Crippen molar-refractivity contribution in [2.24, 2.45) is 0 Å². The van der Waals surface area contributed by atoms with Crippen LogP contribution in [0.3, 0.4) is 0 Å². The van der Waals surface area contributed by atoms with Crippen molar-refractivity contribution in [1.29, 1.82) is 0 Å². The number of carbonyl (C=O) groups is 3. The number of ether oxygens (including phenoxy) is 3. The maximum Gasteiger partial charge on any atom is 0.306 e. The molecule has 1 atom stereocenters. The van der Waals surface area contributed by atoms with Gasteiger partial charge in [0.05, 0.1) is 0 Å². The van der Waals surface area contributed by atoms with Crippen molar-refractivity contribution in [3.8, 4) is 0 Å². The molecule has 0 spiro atoms. The van der Waals surface area contributed by atoms with Crippen LogP contribution in [0.25, 0.3) is 0 Å². The van der Waals surface area contributed by atoms with Gasteiger partial charge >= 0.3 is 17.9 Å². The van der Waals surface area contributed by atoms with Crippen LogP contribution in [-0.2, 0) is 28.6 Å². The summed E-state index contributed by atoms with van der Waals surface area (Å²) in [6, 6.07) is 0. The third kappa shape index (κ3) is 50.6. The fourth-order valence-corrected chi connectivity index (χ4v) is 8.10. The number of allylic oxidation sites excluding steroid dienone is 6. The van der Waals surface area contributed by atoms with Gasteiger partial charge in [-0.2, -0.15) is 0 Å². The molecule has 0 aliphatic carbocycles. The number of hydrogen-bond donors (Lipinski definition) is 0. The summed E-state index contributed by atoms with van der Waals surface area (Å²) >= 11 is 0. The van der Waals surface area contributed by atoms with E-state index in [4.69, 9.17) is 14.2 Å². The Hall–Kier alpha value is -2.37. The van der Waals surface area contributed by atoms with Crippen LogP contribution >= 0.6 is 0 Å². The molecule has 0 aromatic heterocycles. The van der Waals surface area contributed by atoms with Crippen molar-refractivity contribution >= 4 is 17.9 Å². The number of rotatable bonds is 51. The number of unbranched alkanes of at least 4 members (excludes halogenated alkanes) is 34. The lowest BCUT2D eigenvalue weighted by Gasteiger charge is -2.18. The van der Waals surface area contributed by atoms with E-state index in [-0.39, 0.29) is 31.1 Å². The minimum Gasteiger partial charge on any atom is -0.462 e. The van der Waals surface area contributed by atoms with E-state index in [1.165, 1.54) is 167 Å². The lowest BCUT2D eigenvalue weighted by molar-refractivity contribution is -0.167. The highest BCUT2D eigenvalue weighted by molar-refractivity contribution is 5.71. The van der Waals surface area contributed by atoms with Crippen molar-refractivity contribution in [3.63, 3.8) is 0 Å². The molecule has 374 valence electrons. The van der Waals surface area contributed by atoms with Gasteiger partial charge in [-0.3, -0.25) is 14.4 Å². The zero-order valence-electron chi connectivity index (χ0n) is 42.8. The number of hydrogen-bond acceptors (Lipinski definition) is 6. The van der Waals surface area contributed by atoms with Gasteiger partial charge in [0.15, 0.2) is 6.10 Å². The molecular weight excluding hydrogens is 793 g/mol. The molecule has 0 heterocycles. The summed E-state index contributed by atoms with van der Waals surface area (Å²) in [7, 11) is 0. The van der Waals surface area contributed by atoms with E-state index in [1.54, 1.807) is 0 Å². The molecule has 0 bridgehead atoms. The first-order valence-electron chi connectivity index (χ1n) is 28.0. The highest BCUT2D eigenvalue weighted by Gasteiger charge is 2.19. The first-order chi connectivity index (χ1) is 31.5. The zero-order chi connectivity index (χ0) is 46.5. The first-order valence-corrected chi connectivity index (χ1v) is 28.0. The van der Waals surface area contributed by atoms with Crippen molar-refractivity contribution in [1.82, 2.24) is 0 Å². The second-order valence-electron chi connectivity index (χ2n) is 18.8.